The Labute approximate surface area is 144 Å². The molecule has 0 saturated carbocycles. The lowest BCUT2D eigenvalue weighted by Crippen LogP contribution is -2.37. The summed E-state index contributed by atoms with van der Waals surface area (Å²) in [6, 6.07) is 5.37. The Balaban J connectivity index is 1.53. The molecular formula is C17H18N6O2. The van der Waals surface area contributed by atoms with E-state index in [1.54, 1.807) is 6.07 Å². The number of rotatable bonds is 3. The van der Waals surface area contributed by atoms with Crippen LogP contribution in [0.25, 0.3) is 5.65 Å². The Morgan fingerprint density at radius 1 is 1.24 bits per heavy atom. The van der Waals surface area contributed by atoms with Crippen LogP contribution in [0.1, 0.15) is 16.2 Å². The van der Waals surface area contributed by atoms with Crippen molar-refractivity contribution in [2.45, 2.75) is 6.92 Å². The molecule has 1 fully saturated rings. The predicted octanol–water partition coefficient (Wildman–Crippen LogP) is 1.52. The maximum Gasteiger partial charge on any atom is 0.274 e. The van der Waals surface area contributed by atoms with Crippen LogP contribution in [0.2, 0.25) is 0 Å². The molecular weight excluding hydrogens is 320 g/mol. The summed E-state index contributed by atoms with van der Waals surface area (Å²) in [5, 5.41) is 2.86. The van der Waals surface area contributed by atoms with Gasteiger partial charge in [0.15, 0.2) is 0 Å². The van der Waals surface area contributed by atoms with E-state index in [1.807, 2.05) is 35.9 Å². The number of carbonyl (C=O) groups is 1. The Morgan fingerprint density at radius 3 is 2.92 bits per heavy atom. The number of aryl methyl sites for hydroxylation is 1. The van der Waals surface area contributed by atoms with Crippen molar-refractivity contribution in [2.75, 3.05) is 36.5 Å². The van der Waals surface area contributed by atoms with Crippen molar-refractivity contribution < 1.29 is 9.53 Å². The molecule has 1 saturated heterocycles. The maximum atomic E-state index is 12.5. The van der Waals surface area contributed by atoms with Crippen molar-refractivity contribution in [2.24, 2.45) is 0 Å². The van der Waals surface area contributed by atoms with Gasteiger partial charge in [-0.15, -0.1) is 0 Å². The van der Waals surface area contributed by atoms with Crippen LogP contribution >= 0.6 is 0 Å². The number of nitrogens with zero attached hydrogens (tertiary/aromatic N) is 5. The first-order valence-corrected chi connectivity index (χ1v) is 8.10. The van der Waals surface area contributed by atoms with Crippen molar-refractivity contribution in [3.63, 3.8) is 0 Å². The van der Waals surface area contributed by atoms with E-state index in [4.69, 9.17) is 4.74 Å². The molecule has 0 spiro atoms. The van der Waals surface area contributed by atoms with Gasteiger partial charge in [-0.2, -0.15) is 0 Å². The minimum Gasteiger partial charge on any atom is -0.378 e. The fourth-order valence-corrected chi connectivity index (χ4v) is 2.82. The van der Waals surface area contributed by atoms with Gasteiger partial charge in [0.05, 0.1) is 18.9 Å². The van der Waals surface area contributed by atoms with E-state index in [0.29, 0.717) is 24.6 Å². The summed E-state index contributed by atoms with van der Waals surface area (Å²) >= 11 is 0. The normalized spacial score (nSPS) is 14.7. The van der Waals surface area contributed by atoms with E-state index >= 15 is 0 Å². The van der Waals surface area contributed by atoms with Gasteiger partial charge in [-0.3, -0.25) is 4.79 Å². The number of nitrogens with one attached hydrogen (secondary N) is 1. The zero-order valence-corrected chi connectivity index (χ0v) is 13.8. The number of anilines is 2. The molecule has 0 aromatic carbocycles. The van der Waals surface area contributed by atoms with Gasteiger partial charge in [0, 0.05) is 43.3 Å². The van der Waals surface area contributed by atoms with Gasteiger partial charge in [0.1, 0.15) is 23.5 Å². The summed E-state index contributed by atoms with van der Waals surface area (Å²) in [7, 11) is 0. The quantitative estimate of drug-likeness (QED) is 0.779. The lowest BCUT2D eigenvalue weighted by Gasteiger charge is -2.27. The highest BCUT2D eigenvalue weighted by Crippen LogP contribution is 2.16. The number of aromatic nitrogens is 4. The maximum absolute atomic E-state index is 12.5. The standard InChI is InChI=1S/C17H18N6O2/c1-12-10-23-3-2-13(8-16(23)20-12)21-17(24)14-9-15(19-11-18-14)22-4-6-25-7-5-22/h2-3,8-11H,4-7H2,1H3,(H,21,24). The van der Waals surface area contributed by atoms with E-state index in [2.05, 4.69) is 25.2 Å². The first-order chi connectivity index (χ1) is 12.2. The van der Waals surface area contributed by atoms with Gasteiger partial charge in [0.25, 0.3) is 5.91 Å². The Morgan fingerprint density at radius 2 is 2.08 bits per heavy atom. The Kier molecular flexibility index (Phi) is 4.02. The monoisotopic (exact) mass is 338 g/mol. The van der Waals surface area contributed by atoms with Crippen molar-refractivity contribution in [1.29, 1.82) is 0 Å². The largest absolute Gasteiger partial charge is 0.378 e. The smallest absolute Gasteiger partial charge is 0.274 e. The number of fused-ring (bicyclic) bond motifs is 1. The third-order valence-corrected chi connectivity index (χ3v) is 4.06. The zero-order valence-electron chi connectivity index (χ0n) is 13.8. The first kappa shape index (κ1) is 15.5. The Bertz CT molecular complexity index is 916. The molecule has 128 valence electrons. The van der Waals surface area contributed by atoms with Gasteiger partial charge in [-0.1, -0.05) is 0 Å². The summed E-state index contributed by atoms with van der Waals surface area (Å²) in [6.45, 7) is 4.77. The molecule has 8 heteroatoms. The van der Waals surface area contributed by atoms with Gasteiger partial charge in [0.2, 0.25) is 0 Å². The van der Waals surface area contributed by atoms with E-state index in [9.17, 15) is 4.79 Å². The lowest BCUT2D eigenvalue weighted by atomic mass is 10.3. The number of pyridine rings is 1. The minimum atomic E-state index is -0.274. The number of carbonyl (C=O) groups excluding carboxylic acids is 1. The molecule has 1 amide bonds. The number of hydrogen-bond donors (Lipinski definition) is 1. The second kappa shape index (κ2) is 6.48. The van der Waals surface area contributed by atoms with Crippen LogP contribution in [0.5, 0.6) is 0 Å². The van der Waals surface area contributed by atoms with Gasteiger partial charge in [-0.25, -0.2) is 15.0 Å². The van der Waals surface area contributed by atoms with Crippen LogP contribution in [0.4, 0.5) is 11.5 Å². The molecule has 4 heterocycles. The molecule has 0 unspecified atom stereocenters. The van der Waals surface area contributed by atoms with Crippen LogP contribution < -0.4 is 10.2 Å². The van der Waals surface area contributed by atoms with Crippen molar-refractivity contribution in [1.82, 2.24) is 19.4 Å². The van der Waals surface area contributed by atoms with Gasteiger partial charge in [-0.05, 0) is 13.0 Å². The number of hydrogen-bond acceptors (Lipinski definition) is 6. The number of ether oxygens (including phenoxy) is 1. The third-order valence-electron chi connectivity index (χ3n) is 4.06. The summed E-state index contributed by atoms with van der Waals surface area (Å²) < 4.78 is 7.25. The topological polar surface area (TPSA) is 84.7 Å². The molecule has 3 aromatic rings. The second-order valence-electron chi connectivity index (χ2n) is 5.88. The van der Waals surface area contributed by atoms with Crippen molar-refractivity contribution in [3.05, 3.63) is 48.3 Å². The molecule has 3 aromatic heterocycles. The molecule has 0 bridgehead atoms. The summed E-state index contributed by atoms with van der Waals surface area (Å²) in [4.78, 5) is 27.4. The van der Waals surface area contributed by atoms with Crippen molar-refractivity contribution in [3.8, 4) is 0 Å². The zero-order chi connectivity index (χ0) is 17.2. The first-order valence-electron chi connectivity index (χ1n) is 8.10. The average Bonchev–Trinajstić information content (AvgIpc) is 3.02. The van der Waals surface area contributed by atoms with E-state index in [0.717, 1.165) is 30.2 Å². The molecule has 1 N–H and O–H groups in total. The molecule has 4 rings (SSSR count). The number of imidazole rings is 1. The highest BCUT2D eigenvalue weighted by atomic mass is 16.5. The minimum absolute atomic E-state index is 0.274. The number of morpholine rings is 1. The summed E-state index contributed by atoms with van der Waals surface area (Å²) in [6.07, 6.45) is 5.21. The highest BCUT2D eigenvalue weighted by Gasteiger charge is 2.16. The van der Waals surface area contributed by atoms with Crippen LogP contribution in [-0.4, -0.2) is 51.6 Å². The van der Waals surface area contributed by atoms with Crippen LogP contribution in [0, 0.1) is 6.92 Å². The summed E-state index contributed by atoms with van der Waals surface area (Å²) in [5.74, 6) is 0.465. The molecule has 25 heavy (non-hydrogen) atoms. The van der Waals surface area contributed by atoms with Crippen LogP contribution in [-0.2, 0) is 4.74 Å². The second-order valence-corrected chi connectivity index (χ2v) is 5.88. The van der Waals surface area contributed by atoms with Gasteiger partial charge < -0.3 is 19.4 Å². The van der Waals surface area contributed by atoms with Gasteiger partial charge >= 0.3 is 0 Å². The fourth-order valence-electron chi connectivity index (χ4n) is 2.82. The van der Waals surface area contributed by atoms with Crippen LogP contribution in [0.15, 0.2) is 36.9 Å². The molecule has 0 radical (unpaired) electrons. The SMILES string of the molecule is Cc1cn2ccc(NC(=O)c3cc(N4CCOCC4)ncn3)cc2n1. The molecule has 0 atom stereocenters. The van der Waals surface area contributed by atoms with E-state index in [-0.39, 0.29) is 5.91 Å². The van der Waals surface area contributed by atoms with Crippen LogP contribution in [0.3, 0.4) is 0 Å². The van der Waals surface area contributed by atoms with Crippen molar-refractivity contribution >= 4 is 23.1 Å². The van der Waals surface area contributed by atoms with E-state index < -0.39 is 0 Å². The highest BCUT2D eigenvalue weighted by molar-refractivity contribution is 6.03. The molecule has 8 nitrogen and oxygen atoms in total. The Hall–Kier alpha value is -3.00. The van der Waals surface area contributed by atoms with E-state index in [1.165, 1.54) is 6.33 Å². The molecule has 1 aliphatic rings. The number of amides is 1. The third kappa shape index (κ3) is 3.29. The fraction of sp³-hybridized carbons (Fsp3) is 0.294. The molecule has 1 aliphatic heterocycles. The predicted molar refractivity (Wildman–Crippen MR) is 92.9 cm³/mol. The lowest BCUT2D eigenvalue weighted by molar-refractivity contribution is 0.102. The summed E-state index contributed by atoms with van der Waals surface area (Å²) in [5.41, 5.74) is 2.71. The average molecular weight is 338 g/mol. The molecule has 0 aliphatic carbocycles.